The Balaban J connectivity index is 2.65. The number of carbonyl (C=O) groups excluding carboxylic acids is 1. The van der Waals surface area contributed by atoms with E-state index in [-0.39, 0.29) is 10.5 Å². The highest BCUT2D eigenvalue weighted by Gasteiger charge is 2.15. The summed E-state index contributed by atoms with van der Waals surface area (Å²) >= 11 is 0. The van der Waals surface area contributed by atoms with Gasteiger partial charge in [-0.05, 0) is 24.1 Å². The lowest BCUT2D eigenvalue weighted by Gasteiger charge is -2.18. The molecule has 0 radical (unpaired) electrons. The van der Waals surface area contributed by atoms with Crippen molar-refractivity contribution in [3.63, 3.8) is 0 Å². The summed E-state index contributed by atoms with van der Waals surface area (Å²) in [5, 5.41) is 17.1. The van der Waals surface area contributed by atoms with Crippen LogP contribution in [0.25, 0.3) is 0 Å². The number of amides is 1. The summed E-state index contributed by atoms with van der Waals surface area (Å²) in [6, 6.07) is 8.08. The van der Waals surface area contributed by atoms with Gasteiger partial charge in [0.1, 0.15) is 11.6 Å². The van der Waals surface area contributed by atoms with E-state index in [1.54, 1.807) is 24.3 Å². The molecule has 0 saturated carbocycles. The zero-order valence-corrected chi connectivity index (χ0v) is 15.2. The number of nitrogens with two attached hydrogens (primary N) is 1. The Morgan fingerprint density at radius 1 is 1.23 bits per heavy atom. The quantitative estimate of drug-likeness (QED) is 0.275. The molecule has 0 atom stereocenters. The van der Waals surface area contributed by atoms with Crippen LogP contribution in [-0.2, 0) is 21.2 Å². The zero-order chi connectivity index (χ0) is 19.6. The van der Waals surface area contributed by atoms with Gasteiger partial charge in [-0.15, -0.1) is 13.2 Å². The number of carbonyl (C=O) groups is 1. The van der Waals surface area contributed by atoms with Crippen LogP contribution < -0.4 is 10.5 Å². The molecule has 3 N–H and O–H groups in total. The van der Waals surface area contributed by atoms with Crippen molar-refractivity contribution in [3.05, 3.63) is 66.9 Å². The van der Waals surface area contributed by atoms with E-state index in [1.807, 2.05) is 6.07 Å². The number of benzene rings is 1. The first-order valence-corrected chi connectivity index (χ1v) is 9.34. The van der Waals surface area contributed by atoms with E-state index >= 15 is 0 Å². The molecule has 0 saturated heterocycles. The minimum Gasteiger partial charge on any atom is -0.389 e. The first kappa shape index (κ1) is 21.2. The molecule has 0 heterocycles. The van der Waals surface area contributed by atoms with Crippen molar-refractivity contribution in [2.75, 3.05) is 19.6 Å². The molecule has 1 rings (SSSR count). The highest BCUT2D eigenvalue weighted by atomic mass is 32.2. The van der Waals surface area contributed by atoms with Crippen LogP contribution in [0.15, 0.2) is 66.2 Å². The third-order valence-electron chi connectivity index (χ3n) is 3.39. The molecule has 0 aliphatic rings. The normalized spacial score (nSPS) is 11.3. The second kappa shape index (κ2) is 10.2. The fraction of sp³-hybridized carbons (Fsp3) is 0.222. The van der Waals surface area contributed by atoms with Gasteiger partial charge in [0.25, 0.3) is 5.91 Å². The Kier molecular flexibility index (Phi) is 8.28. The Morgan fingerprint density at radius 3 is 2.27 bits per heavy atom. The van der Waals surface area contributed by atoms with Gasteiger partial charge in [-0.2, -0.15) is 5.26 Å². The van der Waals surface area contributed by atoms with Crippen molar-refractivity contribution in [1.29, 1.82) is 5.26 Å². The largest absolute Gasteiger partial charge is 0.389 e. The van der Waals surface area contributed by atoms with E-state index in [2.05, 4.69) is 18.5 Å². The number of hydrogen-bond acceptors (Lipinski definition) is 5. The number of rotatable bonds is 10. The molecule has 26 heavy (non-hydrogen) atoms. The van der Waals surface area contributed by atoms with Crippen molar-refractivity contribution in [2.24, 2.45) is 5.14 Å². The van der Waals surface area contributed by atoms with Crippen molar-refractivity contribution in [1.82, 2.24) is 10.2 Å². The van der Waals surface area contributed by atoms with E-state index in [9.17, 15) is 18.5 Å². The Hall–Kier alpha value is -2.89. The molecule has 0 aromatic heterocycles. The van der Waals surface area contributed by atoms with Gasteiger partial charge in [0.2, 0.25) is 10.0 Å². The van der Waals surface area contributed by atoms with Crippen molar-refractivity contribution in [2.45, 2.75) is 11.3 Å². The van der Waals surface area contributed by atoms with Crippen molar-refractivity contribution in [3.8, 4) is 6.07 Å². The molecule has 1 aromatic carbocycles. The van der Waals surface area contributed by atoms with Gasteiger partial charge in [-0.1, -0.05) is 24.3 Å². The molecule has 0 bridgehead atoms. The maximum absolute atomic E-state index is 12.3. The number of hydrogen-bond donors (Lipinski definition) is 2. The molecule has 0 aliphatic carbocycles. The lowest BCUT2D eigenvalue weighted by molar-refractivity contribution is -0.125. The predicted molar refractivity (Wildman–Crippen MR) is 100 cm³/mol. The van der Waals surface area contributed by atoms with Gasteiger partial charge >= 0.3 is 0 Å². The van der Waals surface area contributed by atoms with Crippen LogP contribution >= 0.6 is 0 Å². The minimum absolute atomic E-state index is 0.0155. The molecular formula is C18H22N4O3S. The first-order chi connectivity index (χ1) is 12.3. The number of sulfonamides is 1. The minimum atomic E-state index is -3.70. The molecular weight excluding hydrogens is 352 g/mol. The molecule has 0 aliphatic heterocycles. The first-order valence-electron chi connectivity index (χ1n) is 7.80. The number of nitriles is 1. The monoisotopic (exact) mass is 374 g/mol. The SMILES string of the molecule is C=CCN(CC=C)C(=O)/C(C#N)=C\NCCc1ccc(S(N)(=O)=O)cc1. The topological polar surface area (TPSA) is 116 Å². The molecule has 1 aromatic rings. The van der Waals surface area contributed by atoms with E-state index in [0.717, 1.165) is 5.56 Å². The van der Waals surface area contributed by atoms with Crippen molar-refractivity contribution < 1.29 is 13.2 Å². The van der Waals surface area contributed by atoms with E-state index in [0.29, 0.717) is 26.1 Å². The average molecular weight is 374 g/mol. The van der Waals surface area contributed by atoms with Crippen LogP contribution in [-0.4, -0.2) is 38.9 Å². The summed E-state index contributed by atoms with van der Waals surface area (Å²) in [5.74, 6) is -0.405. The summed E-state index contributed by atoms with van der Waals surface area (Å²) in [5.41, 5.74) is 0.876. The number of primary sulfonamides is 1. The van der Waals surface area contributed by atoms with Crippen LogP contribution in [0.5, 0.6) is 0 Å². The summed E-state index contributed by atoms with van der Waals surface area (Å²) in [7, 11) is -3.70. The second-order valence-corrected chi connectivity index (χ2v) is 6.91. The maximum Gasteiger partial charge on any atom is 0.266 e. The van der Waals surface area contributed by atoms with Crippen molar-refractivity contribution >= 4 is 15.9 Å². The van der Waals surface area contributed by atoms with E-state index in [4.69, 9.17) is 5.14 Å². The van der Waals surface area contributed by atoms with Gasteiger partial charge in [0, 0.05) is 25.8 Å². The molecule has 7 nitrogen and oxygen atoms in total. The fourth-order valence-corrected chi connectivity index (χ4v) is 2.62. The third-order valence-corrected chi connectivity index (χ3v) is 4.32. The van der Waals surface area contributed by atoms with E-state index < -0.39 is 15.9 Å². The van der Waals surface area contributed by atoms with Gasteiger partial charge < -0.3 is 10.2 Å². The summed E-state index contributed by atoms with van der Waals surface area (Å²) in [4.78, 5) is 13.8. The van der Waals surface area contributed by atoms with Crippen LogP contribution in [0.4, 0.5) is 0 Å². The molecule has 0 spiro atoms. The summed E-state index contributed by atoms with van der Waals surface area (Å²) in [6.07, 6.45) is 5.11. The molecule has 1 amide bonds. The van der Waals surface area contributed by atoms with Gasteiger partial charge in [-0.25, -0.2) is 13.6 Å². The molecule has 138 valence electrons. The lowest BCUT2D eigenvalue weighted by Crippen LogP contribution is -2.32. The van der Waals surface area contributed by atoms with Crippen LogP contribution in [0.1, 0.15) is 5.56 Å². The van der Waals surface area contributed by atoms with Crippen LogP contribution in [0.3, 0.4) is 0 Å². The highest BCUT2D eigenvalue weighted by Crippen LogP contribution is 2.09. The number of nitrogens with zero attached hydrogens (tertiary/aromatic N) is 2. The Morgan fingerprint density at radius 2 is 1.81 bits per heavy atom. The predicted octanol–water partition coefficient (Wildman–Crippen LogP) is 1.07. The van der Waals surface area contributed by atoms with Gasteiger partial charge in [0.15, 0.2) is 0 Å². The van der Waals surface area contributed by atoms with E-state index in [1.165, 1.54) is 23.2 Å². The highest BCUT2D eigenvalue weighted by molar-refractivity contribution is 7.89. The lowest BCUT2D eigenvalue weighted by atomic mass is 10.1. The van der Waals surface area contributed by atoms with Gasteiger partial charge in [-0.3, -0.25) is 4.79 Å². The average Bonchev–Trinajstić information content (AvgIpc) is 2.61. The molecule has 8 heteroatoms. The fourth-order valence-electron chi connectivity index (χ4n) is 2.10. The maximum atomic E-state index is 12.3. The smallest absolute Gasteiger partial charge is 0.266 e. The summed E-state index contributed by atoms with van der Waals surface area (Å²) < 4.78 is 22.4. The summed E-state index contributed by atoms with van der Waals surface area (Å²) in [6.45, 7) is 8.29. The molecule has 0 fully saturated rings. The number of nitrogens with one attached hydrogen (secondary N) is 1. The Bertz CT molecular complexity index is 811. The Labute approximate surface area is 154 Å². The van der Waals surface area contributed by atoms with Gasteiger partial charge in [0.05, 0.1) is 4.90 Å². The van der Waals surface area contributed by atoms with Crippen LogP contribution in [0.2, 0.25) is 0 Å². The standard InChI is InChI=1S/C18H22N4O3S/c1-3-11-22(12-4-2)18(23)16(13-19)14-21-10-9-15-5-7-17(8-6-15)26(20,24)25/h3-8,14,21H,1-2,9-12H2,(H2,20,24,25)/b16-14-. The van der Waals surface area contributed by atoms with Crippen LogP contribution in [0, 0.1) is 11.3 Å². The second-order valence-electron chi connectivity index (χ2n) is 5.35. The molecule has 0 unspecified atom stereocenters. The third kappa shape index (κ3) is 6.55. The zero-order valence-electron chi connectivity index (χ0n) is 14.4.